The van der Waals surface area contributed by atoms with Crippen LogP contribution < -0.4 is 9.47 Å². The van der Waals surface area contributed by atoms with Gasteiger partial charge in [0.05, 0.1) is 26.1 Å². The highest BCUT2D eigenvalue weighted by molar-refractivity contribution is 5.37. The number of unbranched alkanes of at least 4 members (excludes halogenated alkanes) is 3. The summed E-state index contributed by atoms with van der Waals surface area (Å²) >= 11 is 0. The number of methoxy groups -OCH3 is 1. The summed E-state index contributed by atoms with van der Waals surface area (Å²) in [7, 11) is 1.52. The number of aromatic hydroxyl groups is 2. The normalized spacial score (nSPS) is 9.09. The van der Waals surface area contributed by atoms with E-state index in [1.165, 1.54) is 32.8 Å². The third-order valence-corrected chi connectivity index (χ3v) is 4.26. The Hall–Kier alpha value is -4.13. The van der Waals surface area contributed by atoms with Crippen LogP contribution in [0.5, 0.6) is 23.0 Å². The molecule has 0 bridgehead atoms. The monoisotopic (exact) mass is 477 g/mol. The average molecular weight is 478 g/mol. The predicted octanol–water partition coefficient (Wildman–Crippen LogP) is 6.31. The molecule has 0 aliphatic rings. The van der Waals surface area contributed by atoms with Gasteiger partial charge in [-0.2, -0.15) is 0 Å². The second-order valence-electron chi connectivity index (χ2n) is 7.04. The first-order valence-electron chi connectivity index (χ1n) is 11.5. The van der Waals surface area contributed by atoms with E-state index in [4.69, 9.17) is 19.7 Å². The highest BCUT2D eigenvalue weighted by Crippen LogP contribution is 2.23. The quantitative estimate of drug-likeness (QED) is 0.301. The molecule has 0 amide bonds. The first kappa shape index (κ1) is 28.9. The number of rotatable bonds is 7. The molecule has 0 saturated carbocycles. The highest BCUT2D eigenvalue weighted by atomic mass is 16.5. The minimum atomic E-state index is 0.181. The summed E-state index contributed by atoms with van der Waals surface area (Å²) in [6, 6.07) is 27.3. The standard InChI is InChI=1S/C12H18O.C7H8O2.C6H6O.C3H3N3/c1-2-3-4-8-11-13-12-9-6-5-7-10-12;1-9-7-5-3-2-4-6(7)8;7-6-4-2-1-3-5-6;1-2-4-6-5-3-1/h5-7,9-10H,2-4,8,11H2,1H3;2-5,8H,1H3;1-5,7H;1-3H. The third-order valence-electron chi connectivity index (χ3n) is 4.26. The molecule has 0 radical (unpaired) electrons. The topological polar surface area (TPSA) is 97.6 Å². The largest absolute Gasteiger partial charge is 0.508 e. The number of phenolic OH excluding ortho intramolecular Hbond substituents is 2. The summed E-state index contributed by atoms with van der Waals surface area (Å²) in [5.41, 5.74) is 0. The van der Waals surface area contributed by atoms with E-state index in [0.29, 0.717) is 11.5 Å². The number of hydrogen-bond acceptors (Lipinski definition) is 7. The Morgan fingerprint density at radius 3 is 1.71 bits per heavy atom. The lowest BCUT2D eigenvalue weighted by Gasteiger charge is -2.04. The Morgan fingerprint density at radius 2 is 1.29 bits per heavy atom. The molecule has 0 spiro atoms. The van der Waals surface area contributed by atoms with E-state index in [-0.39, 0.29) is 5.75 Å². The van der Waals surface area contributed by atoms with Gasteiger partial charge in [-0.25, -0.2) is 0 Å². The number of benzene rings is 3. The van der Waals surface area contributed by atoms with Crippen LogP contribution >= 0.6 is 0 Å². The molecule has 186 valence electrons. The molecule has 0 aliphatic carbocycles. The number of ether oxygens (including phenoxy) is 2. The fourth-order valence-corrected chi connectivity index (χ4v) is 2.50. The molecule has 2 N–H and O–H groups in total. The van der Waals surface area contributed by atoms with Crippen LogP contribution in [0.15, 0.2) is 103 Å². The minimum absolute atomic E-state index is 0.181. The zero-order valence-corrected chi connectivity index (χ0v) is 20.4. The zero-order chi connectivity index (χ0) is 25.4. The first-order chi connectivity index (χ1) is 17.2. The number of aromatic nitrogens is 3. The fraction of sp³-hybridized carbons (Fsp3) is 0.250. The van der Waals surface area contributed by atoms with Crippen molar-refractivity contribution in [1.82, 2.24) is 15.4 Å². The van der Waals surface area contributed by atoms with E-state index in [1.807, 2.05) is 36.4 Å². The fourth-order valence-electron chi connectivity index (χ4n) is 2.50. The van der Waals surface area contributed by atoms with Crippen LogP contribution in [0, 0.1) is 0 Å². The van der Waals surface area contributed by atoms with Crippen molar-refractivity contribution < 1.29 is 19.7 Å². The van der Waals surface area contributed by atoms with Gasteiger partial charge >= 0.3 is 0 Å². The van der Waals surface area contributed by atoms with Gasteiger partial charge in [0.2, 0.25) is 0 Å². The predicted molar refractivity (Wildman–Crippen MR) is 139 cm³/mol. The molecule has 35 heavy (non-hydrogen) atoms. The van der Waals surface area contributed by atoms with E-state index in [2.05, 4.69) is 22.3 Å². The van der Waals surface area contributed by atoms with Gasteiger partial charge in [0.25, 0.3) is 0 Å². The van der Waals surface area contributed by atoms with Gasteiger partial charge in [-0.3, -0.25) is 0 Å². The SMILES string of the molecule is CCCCCCOc1ccccc1.COc1ccccc1O.Oc1ccccc1.c1cnnnc1. The van der Waals surface area contributed by atoms with Crippen LogP contribution in [0.3, 0.4) is 0 Å². The summed E-state index contributed by atoms with van der Waals surface area (Å²) in [6.45, 7) is 3.07. The Bertz CT molecular complexity index is 948. The van der Waals surface area contributed by atoms with Crippen molar-refractivity contribution >= 4 is 0 Å². The summed E-state index contributed by atoms with van der Waals surface area (Å²) in [4.78, 5) is 0. The van der Waals surface area contributed by atoms with Crippen molar-refractivity contribution in [1.29, 1.82) is 0 Å². The van der Waals surface area contributed by atoms with Gasteiger partial charge in [-0.05, 0) is 54.1 Å². The molecule has 0 atom stereocenters. The maximum absolute atomic E-state index is 8.99. The number of phenols is 2. The van der Waals surface area contributed by atoms with E-state index in [0.717, 1.165) is 12.4 Å². The first-order valence-corrected chi connectivity index (χ1v) is 11.5. The molecule has 3 aromatic carbocycles. The summed E-state index contributed by atoms with van der Waals surface area (Å²) in [5, 5.41) is 27.7. The summed E-state index contributed by atoms with van der Waals surface area (Å²) < 4.78 is 10.3. The van der Waals surface area contributed by atoms with Crippen molar-refractivity contribution in [3.05, 3.63) is 103 Å². The van der Waals surface area contributed by atoms with Crippen molar-refractivity contribution in [3.8, 4) is 23.0 Å². The Balaban J connectivity index is 0.000000244. The van der Waals surface area contributed by atoms with Crippen LogP contribution in [0.1, 0.15) is 32.6 Å². The molecule has 1 aromatic heterocycles. The van der Waals surface area contributed by atoms with Crippen LogP contribution in [-0.4, -0.2) is 39.3 Å². The average Bonchev–Trinajstić information content (AvgIpc) is 2.92. The van der Waals surface area contributed by atoms with Gasteiger partial charge in [0, 0.05) is 0 Å². The lowest BCUT2D eigenvalue weighted by Crippen LogP contribution is -1.96. The molecule has 0 saturated heterocycles. The van der Waals surface area contributed by atoms with E-state index >= 15 is 0 Å². The summed E-state index contributed by atoms with van der Waals surface area (Å²) in [6.07, 6.45) is 8.20. The van der Waals surface area contributed by atoms with E-state index < -0.39 is 0 Å². The van der Waals surface area contributed by atoms with Gasteiger partial charge < -0.3 is 19.7 Å². The Kier molecular flexibility index (Phi) is 16.9. The molecule has 4 rings (SSSR count). The van der Waals surface area contributed by atoms with Gasteiger partial charge in [-0.1, -0.05) is 74.7 Å². The number of hydrogen-bond donors (Lipinski definition) is 2. The number of para-hydroxylation sites is 4. The van der Waals surface area contributed by atoms with Gasteiger partial charge in [0.15, 0.2) is 11.5 Å². The summed E-state index contributed by atoms with van der Waals surface area (Å²) in [5.74, 6) is 2.00. The smallest absolute Gasteiger partial charge is 0.160 e. The zero-order valence-electron chi connectivity index (χ0n) is 20.4. The second kappa shape index (κ2) is 20.5. The molecule has 1 heterocycles. The molecular weight excluding hydrogens is 442 g/mol. The number of nitrogens with zero attached hydrogens (tertiary/aromatic N) is 3. The third kappa shape index (κ3) is 16.2. The lowest BCUT2D eigenvalue weighted by atomic mass is 10.2. The molecule has 0 aliphatic heterocycles. The van der Waals surface area contributed by atoms with E-state index in [9.17, 15) is 0 Å². The van der Waals surface area contributed by atoms with Crippen molar-refractivity contribution in [2.45, 2.75) is 32.6 Å². The minimum Gasteiger partial charge on any atom is -0.508 e. The molecule has 0 unspecified atom stereocenters. The van der Waals surface area contributed by atoms with Gasteiger partial charge in [0.1, 0.15) is 11.5 Å². The van der Waals surface area contributed by atoms with Crippen LogP contribution in [0.25, 0.3) is 0 Å². The molecular formula is C28H35N3O4. The molecule has 0 fully saturated rings. The lowest BCUT2D eigenvalue weighted by molar-refractivity contribution is 0.305. The van der Waals surface area contributed by atoms with Crippen LogP contribution in [0.2, 0.25) is 0 Å². The Labute approximate surface area is 208 Å². The molecule has 7 nitrogen and oxygen atoms in total. The molecule has 4 aromatic rings. The van der Waals surface area contributed by atoms with E-state index in [1.54, 1.807) is 67.0 Å². The maximum atomic E-state index is 8.99. The van der Waals surface area contributed by atoms with Crippen LogP contribution in [-0.2, 0) is 0 Å². The highest BCUT2D eigenvalue weighted by Gasteiger charge is 1.94. The Morgan fingerprint density at radius 1 is 0.686 bits per heavy atom. The van der Waals surface area contributed by atoms with Crippen LogP contribution in [0.4, 0.5) is 0 Å². The van der Waals surface area contributed by atoms with Crippen molar-refractivity contribution in [3.63, 3.8) is 0 Å². The van der Waals surface area contributed by atoms with Crippen molar-refractivity contribution in [2.24, 2.45) is 0 Å². The molecule has 7 heteroatoms. The maximum Gasteiger partial charge on any atom is 0.160 e. The van der Waals surface area contributed by atoms with Crippen molar-refractivity contribution in [2.75, 3.05) is 13.7 Å². The second-order valence-corrected chi connectivity index (χ2v) is 7.04. The van der Waals surface area contributed by atoms with Gasteiger partial charge in [-0.15, -0.1) is 10.2 Å².